The monoisotopic (exact) mass is 526 g/mol. The van der Waals surface area contributed by atoms with Crippen LogP contribution < -0.4 is 20.1 Å². The van der Waals surface area contributed by atoms with Crippen LogP contribution in [-0.2, 0) is 13.0 Å². The third-order valence-corrected chi connectivity index (χ3v) is 4.33. The van der Waals surface area contributed by atoms with E-state index in [4.69, 9.17) is 14.5 Å². The number of rotatable bonds is 11. The lowest BCUT2D eigenvalue weighted by Gasteiger charge is -2.13. The molecule has 0 unspecified atom stereocenters. The van der Waals surface area contributed by atoms with Gasteiger partial charge in [-0.25, -0.2) is 4.99 Å². The van der Waals surface area contributed by atoms with E-state index in [1.807, 2.05) is 38.4 Å². The summed E-state index contributed by atoms with van der Waals surface area (Å²) in [5, 5.41) is 6.70. The normalized spacial score (nSPS) is 11.0. The fourth-order valence-electron chi connectivity index (χ4n) is 2.71. The van der Waals surface area contributed by atoms with E-state index in [9.17, 15) is 0 Å². The van der Waals surface area contributed by atoms with Gasteiger partial charge in [0.25, 0.3) is 0 Å². The number of likely N-dealkylation sites (N-methyl/N-ethyl adjacent to an activating group) is 1. The molecule has 0 atom stereocenters. The largest absolute Gasteiger partial charge is 0.497 e. The summed E-state index contributed by atoms with van der Waals surface area (Å²) in [6, 6.07) is 16.3. The number of benzene rings is 2. The molecule has 2 rings (SSSR count). The Labute approximate surface area is 198 Å². The second kappa shape index (κ2) is 14.9. The summed E-state index contributed by atoms with van der Waals surface area (Å²) in [6.45, 7) is 5.87. The molecule has 0 heterocycles. The van der Waals surface area contributed by atoms with Crippen LogP contribution in [0.2, 0.25) is 0 Å². The molecule has 166 valence electrons. The van der Waals surface area contributed by atoms with Gasteiger partial charge in [0.2, 0.25) is 0 Å². The van der Waals surface area contributed by atoms with Crippen molar-refractivity contribution in [1.82, 2.24) is 15.5 Å². The van der Waals surface area contributed by atoms with Crippen LogP contribution in [0.15, 0.2) is 53.5 Å². The Balaban J connectivity index is 0.00000450. The van der Waals surface area contributed by atoms with Crippen LogP contribution in [0, 0.1) is 0 Å². The Bertz CT molecular complexity index is 751. The summed E-state index contributed by atoms with van der Waals surface area (Å²) >= 11 is 0. The van der Waals surface area contributed by atoms with Crippen molar-refractivity contribution in [2.45, 2.75) is 19.9 Å². The van der Waals surface area contributed by atoms with Crippen LogP contribution in [0.25, 0.3) is 0 Å². The van der Waals surface area contributed by atoms with Gasteiger partial charge < -0.3 is 25.0 Å². The Kier molecular flexibility index (Phi) is 12.9. The molecule has 7 heteroatoms. The minimum absolute atomic E-state index is 0. The van der Waals surface area contributed by atoms with Crippen LogP contribution in [0.5, 0.6) is 11.5 Å². The third-order valence-electron chi connectivity index (χ3n) is 4.33. The molecule has 0 saturated carbocycles. The summed E-state index contributed by atoms with van der Waals surface area (Å²) in [5.41, 5.74) is 2.39. The number of aliphatic imine (C=N–C) groups is 1. The van der Waals surface area contributed by atoms with E-state index in [2.05, 4.69) is 46.7 Å². The van der Waals surface area contributed by atoms with Crippen LogP contribution in [0.4, 0.5) is 0 Å². The highest BCUT2D eigenvalue weighted by molar-refractivity contribution is 14.0. The summed E-state index contributed by atoms with van der Waals surface area (Å²) in [7, 11) is 5.76. The molecule has 2 aromatic rings. The molecular formula is C23H35IN4O2. The van der Waals surface area contributed by atoms with E-state index in [1.165, 1.54) is 5.56 Å². The number of hydrogen-bond acceptors (Lipinski definition) is 4. The number of halogens is 1. The lowest BCUT2D eigenvalue weighted by molar-refractivity contribution is 0.261. The van der Waals surface area contributed by atoms with Gasteiger partial charge in [0.05, 0.1) is 13.7 Å². The fourth-order valence-corrected chi connectivity index (χ4v) is 2.71. The van der Waals surface area contributed by atoms with Crippen molar-refractivity contribution in [3.8, 4) is 11.5 Å². The first kappa shape index (κ1) is 26.0. The van der Waals surface area contributed by atoms with Gasteiger partial charge in [-0.05, 0) is 62.8 Å². The van der Waals surface area contributed by atoms with Gasteiger partial charge in [0.15, 0.2) is 5.96 Å². The van der Waals surface area contributed by atoms with E-state index in [-0.39, 0.29) is 24.0 Å². The second-order valence-corrected chi connectivity index (χ2v) is 7.02. The molecule has 30 heavy (non-hydrogen) atoms. The van der Waals surface area contributed by atoms with Gasteiger partial charge in [-0.2, -0.15) is 0 Å². The predicted molar refractivity (Wildman–Crippen MR) is 135 cm³/mol. The summed E-state index contributed by atoms with van der Waals surface area (Å²) in [5.74, 6) is 2.58. The first-order chi connectivity index (χ1) is 14.1. The zero-order valence-electron chi connectivity index (χ0n) is 18.5. The van der Waals surface area contributed by atoms with E-state index in [0.717, 1.165) is 49.1 Å². The van der Waals surface area contributed by atoms with Crippen molar-refractivity contribution < 1.29 is 9.47 Å². The van der Waals surface area contributed by atoms with Gasteiger partial charge in [0.1, 0.15) is 18.1 Å². The molecule has 0 bridgehead atoms. The molecule has 0 amide bonds. The molecule has 0 radical (unpaired) electrons. The van der Waals surface area contributed by atoms with Crippen LogP contribution in [-0.4, -0.2) is 58.3 Å². The van der Waals surface area contributed by atoms with Crippen molar-refractivity contribution in [2.24, 2.45) is 4.99 Å². The molecule has 0 aliphatic carbocycles. The zero-order valence-corrected chi connectivity index (χ0v) is 20.8. The maximum atomic E-state index is 5.81. The van der Waals surface area contributed by atoms with E-state index < -0.39 is 0 Å². The highest BCUT2D eigenvalue weighted by Crippen LogP contribution is 2.14. The Morgan fingerprint density at radius 1 is 1.00 bits per heavy atom. The molecule has 2 N–H and O–H groups in total. The van der Waals surface area contributed by atoms with Crippen molar-refractivity contribution in [1.29, 1.82) is 0 Å². The Hall–Kier alpha value is -2.00. The first-order valence-electron chi connectivity index (χ1n) is 10.1. The Morgan fingerprint density at radius 2 is 1.77 bits per heavy atom. The van der Waals surface area contributed by atoms with Gasteiger partial charge in [-0.15, -0.1) is 24.0 Å². The fraction of sp³-hybridized carbons (Fsp3) is 0.435. The Morgan fingerprint density at radius 3 is 2.43 bits per heavy atom. The maximum absolute atomic E-state index is 5.81. The summed E-state index contributed by atoms with van der Waals surface area (Å²) in [4.78, 5) is 6.81. The zero-order chi connectivity index (χ0) is 20.9. The molecular weight excluding hydrogens is 491 g/mol. The topological polar surface area (TPSA) is 58.1 Å². The molecule has 0 spiro atoms. The highest BCUT2D eigenvalue weighted by atomic mass is 127. The number of nitrogens with zero attached hydrogens (tertiary/aromatic N) is 2. The predicted octanol–water partition coefficient (Wildman–Crippen LogP) is 3.55. The van der Waals surface area contributed by atoms with E-state index in [1.54, 1.807) is 7.11 Å². The molecule has 0 fully saturated rings. The van der Waals surface area contributed by atoms with Gasteiger partial charge >= 0.3 is 0 Å². The third kappa shape index (κ3) is 10.2. The van der Waals surface area contributed by atoms with Crippen molar-refractivity contribution in [3.05, 3.63) is 59.7 Å². The molecule has 0 aliphatic heterocycles. The minimum Gasteiger partial charge on any atom is -0.497 e. The molecule has 0 aliphatic rings. The first-order valence-corrected chi connectivity index (χ1v) is 10.1. The lowest BCUT2D eigenvalue weighted by Crippen LogP contribution is -2.38. The van der Waals surface area contributed by atoms with E-state index in [0.29, 0.717) is 13.2 Å². The average molecular weight is 526 g/mol. The number of methoxy groups -OCH3 is 1. The number of nitrogens with one attached hydrogen (secondary N) is 2. The quantitative estimate of drug-likeness (QED) is 0.267. The minimum atomic E-state index is 0. The highest BCUT2D eigenvalue weighted by Gasteiger charge is 2.01. The lowest BCUT2D eigenvalue weighted by atomic mass is 10.1. The van der Waals surface area contributed by atoms with Crippen LogP contribution >= 0.6 is 24.0 Å². The van der Waals surface area contributed by atoms with Crippen molar-refractivity contribution in [3.63, 3.8) is 0 Å². The molecule has 0 saturated heterocycles. The number of guanidine groups is 1. The van der Waals surface area contributed by atoms with Crippen molar-refractivity contribution >= 4 is 29.9 Å². The second-order valence-electron chi connectivity index (χ2n) is 7.02. The van der Waals surface area contributed by atoms with Crippen LogP contribution in [0.1, 0.15) is 18.1 Å². The maximum Gasteiger partial charge on any atom is 0.191 e. The van der Waals surface area contributed by atoms with Gasteiger partial charge in [-0.1, -0.05) is 24.3 Å². The SMILES string of the molecule is CCNC(=NCc1cccc(OCCN(C)C)c1)NCCc1ccc(OC)cc1.I. The van der Waals surface area contributed by atoms with E-state index >= 15 is 0 Å². The van der Waals surface area contributed by atoms with Crippen molar-refractivity contribution in [2.75, 3.05) is 47.4 Å². The molecule has 6 nitrogen and oxygen atoms in total. The smallest absolute Gasteiger partial charge is 0.191 e. The summed E-state index contributed by atoms with van der Waals surface area (Å²) < 4.78 is 11.0. The number of hydrogen-bond donors (Lipinski definition) is 2. The molecule has 0 aromatic heterocycles. The number of ether oxygens (including phenoxy) is 2. The average Bonchev–Trinajstić information content (AvgIpc) is 2.72. The van der Waals surface area contributed by atoms with Gasteiger partial charge in [-0.3, -0.25) is 0 Å². The van der Waals surface area contributed by atoms with Gasteiger partial charge in [0, 0.05) is 19.6 Å². The van der Waals surface area contributed by atoms with Crippen LogP contribution in [0.3, 0.4) is 0 Å². The summed E-state index contributed by atoms with van der Waals surface area (Å²) in [6.07, 6.45) is 0.920. The molecule has 2 aromatic carbocycles. The standard InChI is InChI=1S/C23H34N4O2.HI/c1-5-24-23(25-14-13-19-9-11-21(28-4)12-10-19)26-18-20-7-6-8-22(17-20)29-16-15-27(2)3;/h6-12,17H,5,13-16,18H2,1-4H3,(H2,24,25,26);1H.